The molecule has 1 heterocycles. The third-order valence-electron chi connectivity index (χ3n) is 8.35. The zero-order chi connectivity index (χ0) is 33.4. The molecule has 0 aromatic carbocycles. The van der Waals surface area contributed by atoms with E-state index in [0.29, 0.717) is 45.8 Å². The molecule has 0 aliphatic carbocycles. The highest BCUT2D eigenvalue weighted by Gasteiger charge is 2.60. The van der Waals surface area contributed by atoms with E-state index in [1.807, 2.05) is 77.0 Å². The molecule has 0 aromatic rings. The molecular formula is C30H58N6O7. The zero-order valence-corrected chi connectivity index (χ0v) is 27.9. The number of carbonyl (C=O) groups excluding carboxylic acids is 1. The molecule has 1 atom stereocenters. The van der Waals surface area contributed by atoms with Gasteiger partial charge in [0.15, 0.2) is 0 Å². The van der Waals surface area contributed by atoms with Crippen LogP contribution in [-0.4, -0.2) is 149 Å². The number of rotatable bonds is 10. The van der Waals surface area contributed by atoms with E-state index < -0.39 is 45.7 Å². The Hall–Kier alpha value is -2.32. The van der Waals surface area contributed by atoms with Crippen molar-refractivity contribution in [2.24, 2.45) is 22.0 Å². The first-order valence-electron chi connectivity index (χ1n) is 15.2. The molecule has 1 aliphatic rings. The topological polar surface area (TPSA) is 180 Å². The van der Waals surface area contributed by atoms with Crippen LogP contribution in [-0.2, 0) is 19.2 Å². The van der Waals surface area contributed by atoms with Crippen molar-refractivity contribution < 1.29 is 34.5 Å². The standard InChI is InChI=1S/C30H58N6O7/c1-27(2,3)24(25(40)41)35-16-14-34(21-23(38)39)13-12-33(20-22(37)32-11-10-31)15-18-36(19-17-35)30(26(42)43,28(4,5)6)29(7,8)9/h24H,10-21,31H2,1-9H3,(H,32,37)(H,38,39)(H,40,41)(H,42,43). The lowest BCUT2D eigenvalue weighted by Gasteiger charge is -2.57. The van der Waals surface area contributed by atoms with Crippen molar-refractivity contribution in [3.63, 3.8) is 0 Å². The SMILES string of the molecule is CC(C)(C)C(C(=O)O)N1CCN(CC(=O)O)CCN(CC(=O)NCCN)CCN(C(C(=O)O)(C(C)(C)C)C(C)(C)C)CC1. The minimum absolute atomic E-state index is 0.0527. The lowest BCUT2D eigenvalue weighted by molar-refractivity contribution is -0.177. The van der Waals surface area contributed by atoms with Gasteiger partial charge < -0.3 is 26.4 Å². The van der Waals surface area contributed by atoms with Crippen LogP contribution in [0.1, 0.15) is 62.3 Å². The van der Waals surface area contributed by atoms with E-state index in [-0.39, 0.29) is 38.6 Å². The van der Waals surface area contributed by atoms with Gasteiger partial charge in [-0.05, 0) is 16.2 Å². The molecule has 13 nitrogen and oxygen atoms in total. The summed E-state index contributed by atoms with van der Waals surface area (Å²) in [5.41, 5.74) is 2.11. The van der Waals surface area contributed by atoms with Crippen molar-refractivity contribution >= 4 is 23.8 Å². The van der Waals surface area contributed by atoms with E-state index in [4.69, 9.17) is 5.73 Å². The maximum atomic E-state index is 13.4. The third kappa shape index (κ3) is 10.4. The van der Waals surface area contributed by atoms with Gasteiger partial charge in [-0.2, -0.15) is 0 Å². The van der Waals surface area contributed by atoms with E-state index in [0.717, 1.165) is 0 Å². The van der Waals surface area contributed by atoms with Crippen molar-refractivity contribution in [3.05, 3.63) is 0 Å². The zero-order valence-electron chi connectivity index (χ0n) is 27.9. The molecule has 1 rings (SSSR count). The van der Waals surface area contributed by atoms with Gasteiger partial charge in [0.25, 0.3) is 0 Å². The van der Waals surface area contributed by atoms with Crippen molar-refractivity contribution in [1.82, 2.24) is 24.9 Å². The molecule has 1 fully saturated rings. The lowest BCUT2D eigenvalue weighted by atomic mass is 9.59. The number of nitrogens with two attached hydrogens (primary N) is 1. The molecule has 1 saturated heterocycles. The molecule has 43 heavy (non-hydrogen) atoms. The van der Waals surface area contributed by atoms with Crippen LogP contribution in [0.3, 0.4) is 0 Å². The van der Waals surface area contributed by atoms with Crippen molar-refractivity contribution in [2.75, 3.05) is 78.5 Å². The Kier molecular flexibility index (Phi) is 14.0. The summed E-state index contributed by atoms with van der Waals surface area (Å²) < 4.78 is 0. The molecule has 250 valence electrons. The molecule has 1 aliphatic heterocycles. The van der Waals surface area contributed by atoms with Crippen LogP contribution in [0, 0.1) is 16.2 Å². The highest BCUT2D eigenvalue weighted by Crippen LogP contribution is 2.48. The van der Waals surface area contributed by atoms with Crippen LogP contribution in [0.4, 0.5) is 0 Å². The number of aliphatic carboxylic acids is 3. The largest absolute Gasteiger partial charge is 0.480 e. The fourth-order valence-electron chi connectivity index (χ4n) is 7.01. The van der Waals surface area contributed by atoms with E-state index in [2.05, 4.69) is 5.32 Å². The number of carbonyl (C=O) groups is 4. The molecule has 0 radical (unpaired) electrons. The normalized spacial score (nSPS) is 19.2. The Labute approximate surface area is 257 Å². The molecule has 0 aromatic heterocycles. The van der Waals surface area contributed by atoms with E-state index >= 15 is 0 Å². The van der Waals surface area contributed by atoms with Gasteiger partial charge in [-0.3, -0.25) is 38.8 Å². The van der Waals surface area contributed by atoms with E-state index in [1.165, 1.54) is 0 Å². The highest BCUT2D eigenvalue weighted by atomic mass is 16.4. The number of hydrogen-bond acceptors (Lipinski definition) is 9. The second kappa shape index (κ2) is 15.6. The van der Waals surface area contributed by atoms with Gasteiger partial charge in [0.05, 0.1) is 13.1 Å². The van der Waals surface area contributed by atoms with Crippen molar-refractivity contribution in [1.29, 1.82) is 0 Å². The van der Waals surface area contributed by atoms with Crippen LogP contribution in [0.5, 0.6) is 0 Å². The average molecular weight is 615 g/mol. The first-order valence-corrected chi connectivity index (χ1v) is 15.2. The Morgan fingerprint density at radius 3 is 1.58 bits per heavy atom. The van der Waals surface area contributed by atoms with Crippen LogP contribution in [0.15, 0.2) is 0 Å². The third-order valence-corrected chi connectivity index (χ3v) is 8.35. The quantitative estimate of drug-likeness (QED) is 0.234. The summed E-state index contributed by atoms with van der Waals surface area (Å²) in [5, 5.41) is 33.6. The Morgan fingerprint density at radius 1 is 0.721 bits per heavy atom. The number of hydrogen-bond donors (Lipinski definition) is 5. The molecule has 0 bridgehead atoms. The molecule has 13 heteroatoms. The van der Waals surface area contributed by atoms with Crippen LogP contribution in [0.2, 0.25) is 0 Å². The smallest absolute Gasteiger partial charge is 0.325 e. The Morgan fingerprint density at radius 2 is 1.16 bits per heavy atom. The maximum absolute atomic E-state index is 13.4. The second-order valence-corrected chi connectivity index (χ2v) is 14.7. The first kappa shape index (κ1) is 38.7. The number of carboxylic acids is 3. The van der Waals surface area contributed by atoms with Gasteiger partial charge in [-0.15, -0.1) is 0 Å². The van der Waals surface area contributed by atoms with Crippen LogP contribution < -0.4 is 11.1 Å². The minimum Gasteiger partial charge on any atom is -0.480 e. The molecule has 1 amide bonds. The van der Waals surface area contributed by atoms with Gasteiger partial charge >= 0.3 is 17.9 Å². The minimum atomic E-state index is -1.35. The fourth-order valence-corrected chi connectivity index (χ4v) is 7.01. The maximum Gasteiger partial charge on any atom is 0.325 e. The number of carboxylic acid groups (broad SMARTS) is 3. The van der Waals surface area contributed by atoms with E-state index in [1.54, 1.807) is 4.90 Å². The molecular weight excluding hydrogens is 556 g/mol. The molecule has 6 N–H and O–H groups in total. The highest BCUT2D eigenvalue weighted by molar-refractivity contribution is 5.81. The number of nitrogens with zero attached hydrogens (tertiary/aromatic N) is 4. The summed E-state index contributed by atoms with van der Waals surface area (Å²) >= 11 is 0. The summed E-state index contributed by atoms with van der Waals surface area (Å²) in [7, 11) is 0. The average Bonchev–Trinajstić information content (AvgIpc) is 2.80. The summed E-state index contributed by atoms with van der Waals surface area (Å²) in [4.78, 5) is 57.9. The number of amides is 1. The summed E-state index contributed by atoms with van der Waals surface area (Å²) in [6, 6.07) is -0.879. The second-order valence-electron chi connectivity index (χ2n) is 14.7. The predicted molar refractivity (Wildman–Crippen MR) is 166 cm³/mol. The lowest BCUT2D eigenvalue weighted by Crippen LogP contribution is -2.71. The first-order chi connectivity index (χ1) is 19.6. The van der Waals surface area contributed by atoms with Crippen LogP contribution in [0.25, 0.3) is 0 Å². The summed E-state index contributed by atoms with van der Waals surface area (Å²) in [6.07, 6.45) is 0. The fraction of sp³-hybridized carbons (Fsp3) is 0.867. The van der Waals surface area contributed by atoms with Gasteiger partial charge in [-0.1, -0.05) is 62.3 Å². The van der Waals surface area contributed by atoms with Crippen molar-refractivity contribution in [2.45, 2.75) is 73.9 Å². The summed E-state index contributed by atoms with van der Waals surface area (Å²) in [5.74, 6) is -3.16. The Bertz CT molecular complexity index is 940. The van der Waals surface area contributed by atoms with Crippen LogP contribution >= 0.6 is 0 Å². The van der Waals surface area contributed by atoms with Gasteiger partial charge in [-0.25, -0.2) is 0 Å². The predicted octanol–water partition coefficient (Wildman–Crippen LogP) is 0.782. The molecule has 0 spiro atoms. The molecule has 1 unspecified atom stereocenters. The van der Waals surface area contributed by atoms with Gasteiger partial charge in [0, 0.05) is 65.4 Å². The van der Waals surface area contributed by atoms with Crippen molar-refractivity contribution in [3.8, 4) is 0 Å². The number of nitrogens with one attached hydrogen (secondary N) is 1. The summed E-state index contributed by atoms with van der Waals surface area (Å²) in [6.45, 7) is 19.9. The van der Waals surface area contributed by atoms with E-state index in [9.17, 15) is 34.5 Å². The van der Waals surface area contributed by atoms with Gasteiger partial charge in [0.2, 0.25) is 5.91 Å². The monoisotopic (exact) mass is 614 g/mol. The Balaban J connectivity index is 3.73. The van der Waals surface area contributed by atoms with Gasteiger partial charge in [0.1, 0.15) is 11.6 Å². The molecule has 0 saturated carbocycles.